The highest BCUT2D eigenvalue weighted by molar-refractivity contribution is 14.1. The van der Waals surface area contributed by atoms with Gasteiger partial charge in [0.25, 0.3) is 17.7 Å². The van der Waals surface area contributed by atoms with Gasteiger partial charge in [0, 0.05) is 83.5 Å². The molecule has 0 aromatic heterocycles. The lowest BCUT2D eigenvalue weighted by molar-refractivity contribution is -0.219. The number of nitrogens with two attached hydrogens (primary N) is 1. The minimum Gasteiger partial charge on any atom is -0.388 e. The van der Waals surface area contributed by atoms with Crippen LogP contribution in [0.5, 0.6) is 0 Å². The summed E-state index contributed by atoms with van der Waals surface area (Å²) in [5, 5.41) is 54.3. The van der Waals surface area contributed by atoms with Crippen molar-refractivity contribution in [1.29, 1.82) is 0 Å². The summed E-state index contributed by atoms with van der Waals surface area (Å²) in [6.45, 7) is 19.3. The quantitative estimate of drug-likeness (QED) is 0.0149. The number of carbonyl (C=O) groups is 12. The smallest absolute Gasteiger partial charge is 0.312 e. The number of aliphatic hydroxyl groups excluding tert-OH is 3. The highest BCUT2D eigenvalue weighted by atomic mass is 127. The van der Waals surface area contributed by atoms with Gasteiger partial charge in [-0.1, -0.05) is 133 Å². The highest BCUT2D eigenvalue weighted by Crippen LogP contribution is 2.35. The number of nitrogens with zero attached hydrogens (tertiary/aromatic N) is 3. The van der Waals surface area contributed by atoms with E-state index in [-0.39, 0.29) is 105 Å². The fraction of sp³-hybridized carbons (Fsp3) is 0.632. The maximum Gasteiger partial charge on any atom is 0.312 e. The number of amides is 12. The number of anilines is 1. The van der Waals surface area contributed by atoms with E-state index in [0.717, 1.165) is 16.0 Å². The zero-order chi connectivity index (χ0) is 79.5. The third-order valence-electron chi connectivity index (χ3n) is 20.1. The normalized spacial score (nSPS) is 21.0. The number of urea groups is 1. The minimum atomic E-state index is -2.00. The van der Waals surface area contributed by atoms with Gasteiger partial charge in [-0.05, 0) is 118 Å². The van der Waals surface area contributed by atoms with E-state index in [1.54, 1.807) is 36.3 Å². The fourth-order valence-corrected chi connectivity index (χ4v) is 15.0. The molecule has 3 aliphatic rings. The first-order valence-electron chi connectivity index (χ1n) is 37.0. The van der Waals surface area contributed by atoms with Crippen LogP contribution in [0.25, 0.3) is 0 Å². The summed E-state index contributed by atoms with van der Waals surface area (Å²) >= 11 is 2.01. The van der Waals surface area contributed by atoms with E-state index in [0.29, 0.717) is 57.2 Å². The van der Waals surface area contributed by atoms with Crippen molar-refractivity contribution in [3.8, 4) is 0 Å². The van der Waals surface area contributed by atoms with Gasteiger partial charge in [-0.3, -0.25) is 62.5 Å². The van der Waals surface area contributed by atoms with Crippen molar-refractivity contribution in [2.75, 3.05) is 66.4 Å². The summed E-state index contributed by atoms with van der Waals surface area (Å²) in [7, 11) is 6.71. The van der Waals surface area contributed by atoms with Crippen LogP contribution in [0.1, 0.15) is 131 Å². The van der Waals surface area contributed by atoms with E-state index in [1.807, 2.05) is 120 Å². The summed E-state index contributed by atoms with van der Waals surface area (Å²) in [5.74, 6) is -6.75. The van der Waals surface area contributed by atoms with Crippen LogP contribution >= 0.6 is 22.6 Å². The van der Waals surface area contributed by atoms with Crippen molar-refractivity contribution in [3.05, 3.63) is 90.0 Å². The minimum absolute atomic E-state index is 0.00440. The summed E-state index contributed by atoms with van der Waals surface area (Å²) in [6.07, 6.45) is -4.26. The molecule has 30 nitrogen and oxygen atoms in total. The number of likely N-dealkylation sites (N-methyl/N-ethyl adjacent to an activating group) is 1. The third-order valence-corrected chi connectivity index (χ3v) is 21.4. The zero-order valence-electron chi connectivity index (χ0n) is 63.8. The predicted molar refractivity (Wildman–Crippen MR) is 408 cm³/mol. The van der Waals surface area contributed by atoms with Gasteiger partial charge in [0.1, 0.15) is 46.5 Å². The lowest BCUT2D eigenvalue weighted by Gasteiger charge is -2.40. The number of rotatable bonds is 44. The number of Topliss-reactive ketones (excluding diaryl/α,β-unsaturated/α-hetero) is 1. The number of imide groups is 1. The Morgan fingerprint density at radius 3 is 1.97 bits per heavy atom. The Balaban J connectivity index is 1.19. The van der Waals surface area contributed by atoms with Crippen molar-refractivity contribution in [2.45, 2.75) is 215 Å². The number of ketones is 1. The molecule has 0 saturated carbocycles. The molecule has 594 valence electrons. The molecule has 5 rings (SSSR count). The van der Waals surface area contributed by atoms with Crippen LogP contribution in [0.4, 0.5) is 10.5 Å². The number of benzene rings is 2. The van der Waals surface area contributed by atoms with Gasteiger partial charge in [0.2, 0.25) is 41.4 Å². The number of halogens is 1. The van der Waals surface area contributed by atoms with Crippen LogP contribution in [-0.4, -0.2) is 245 Å². The topological polar surface area (TPSA) is 425 Å². The molecule has 0 aliphatic carbocycles. The molecule has 2 saturated heterocycles. The molecule has 3 aliphatic heterocycles. The highest BCUT2D eigenvalue weighted by Gasteiger charge is 2.49. The number of hydrogen-bond donors (Lipinski definition) is 12. The first-order valence-corrected chi connectivity index (χ1v) is 38.2. The second-order valence-corrected chi connectivity index (χ2v) is 30.4. The lowest BCUT2D eigenvalue weighted by atomic mass is 9.73. The molecule has 12 amide bonds. The van der Waals surface area contributed by atoms with Gasteiger partial charge in [0.05, 0.1) is 36.8 Å². The molecule has 2 aromatic rings. The molecular formula is C76H115IN12O18. The maximum absolute atomic E-state index is 14.7. The zero-order valence-corrected chi connectivity index (χ0v) is 66.0. The number of likely N-dealkylation sites (tertiary alicyclic amines) is 1. The fourth-order valence-electron chi connectivity index (χ4n) is 14.0. The Hall–Kier alpha value is -7.79. The van der Waals surface area contributed by atoms with E-state index in [1.165, 1.54) is 26.2 Å². The Morgan fingerprint density at radius 1 is 0.729 bits per heavy atom. The summed E-state index contributed by atoms with van der Waals surface area (Å²) in [4.78, 5) is 166. The standard InChI is InChI=1S/C76H115IN12O18/c1-14-45(8)59(46(9)64(94)61(42(2)3)85-74(102)63(44(6)7)87(10)11)53(105-12)40-58(93)88-38-22-26-52(88)68(106-13)60(77)72(100)84-51(39-48-23-17-15-18-24-48)70(98)79-36-34-47-28-30-49(31-29-47)82-71(99)50(25-21-35-80-76(78)104)83-73(101)62(43(4)5)86-75(103)69-67(97)66(96)65(95)54(107-69)41-81-55(90)27-19-16-20-37-89-56(91)32-33-57(89)92/h15,17-18,23-24,28-33,42,44-46,50-54,59-63,65-69,95-97H,4,14,16,19-22,25-27,34-41H2,1-3,5-13H3,(H,79,98)(H,81,90)(H,82,99)(H,83,101)(H,84,100)(H,85,102)(H,86,103)(H3,78,80,104)/t45?,46?,50?,51-,52?,53?,54-,59?,60?,61-,62+,63?,65?,66+,67?,68?,69-/m0/s1. The lowest BCUT2D eigenvalue weighted by Crippen LogP contribution is -2.64. The second kappa shape index (κ2) is 44.0. The average molecular weight is 1610 g/mol. The molecule has 107 heavy (non-hydrogen) atoms. The Labute approximate surface area is 641 Å². The van der Waals surface area contributed by atoms with Gasteiger partial charge in [0.15, 0.2) is 11.9 Å². The summed E-state index contributed by atoms with van der Waals surface area (Å²) in [5.41, 5.74) is 7.19. The number of methoxy groups -OCH3 is 2. The van der Waals surface area contributed by atoms with Crippen molar-refractivity contribution in [3.63, 3.8) is 0 Å². The maximum atomic E-state index is 14.7. The predicted octanol–water partition coefficient (Wildman–Crippen LogP) is 2.27. The van der Waals surface area contributed by atoms with E-state index < -0.39 is 142 Å². The Morgan fingerprint density at radius 2 is 1.38 bits per heavy atom. The molecule has 0 spiro atoms. The number of aliphatic hydroxyl groups is 3. The van der Waals surface area contributed by atoms with Crippen LogP contribution in [-0.2, 0) is 79.8 Å². The first kappa shape index (κ1) is 89.8. The number of hydrogen-bond acceptors (Lipinski definition) is 19. The molecule has 11 unspecified atom stereocenters. The van der Waals surface area contributed by atoms with Crippen LogP contribution < -0.4 is 48.3 Å². The Bertz CT molecular complexity index is 3360. The number of primary amides is 1. The summed E-state index contributed by atoms with van der Waals surface area (Å²) < 4.78 is 17.1. The van der Waals surface area contributed by atoms with Gasteiger partial charge in [-0.15, -0.1) is 0 Å². The monoisotopic (exact) mass is 1610 g/mol. The van der Waals surface area contributed by atoms with Crippen LogP contribution in [0, 0.1) is 29.6 Å². The van der Waals surface area contributed by atoms with Crippen molar-refractivity contribution >= 4 is 99.2 Å². The molecule has 3 heterocycles. The van der Waals surface area contributed by atoms with Crippen LogP contribution in [0.2, 0.25) is 0 Å². The van der Waals surface area contributed by atoms with Gasteiger partial charge >= 0.3 is 6.03 Å². The molecule has 0 bridgehead atoms. The molecule has 2 aromatic carbocycles. The van der Waals surface area contributed by atoms with E-state index in [9.17, 15) is 72.9 Å². The van der Waals surface area contributed by atoms with Gasteiger partial charge < -0.3 is 82.7 Å². The largest absolute Gasteiger partial charge is 0.388 e. The van der Waals surface area contributed by atoms with Crippen molar-refractivity contribution < 1.29 is 87.1 Å². The average Bonchev–Trinajstić information content (AvgIpc) is 1.42. The number of unbranched alkanes of at least 4 members (excludes halogenated alkanes) is 2. The first-order chi connectivity index (χ1) is 50.6. The van der Waals surface area contributed by atoms with Crippen LogP contribution in [0.3, 0.4) is 0 Å². The van der Waals surface area contributed by atoms with Gasteiger partial charge in [-0.25, -0.2) is 4.79 Å². The number of carbonyl (C=O) groups excluding carboxylic acids is 12. The molecule has 2 fully saturated rings. The van der Waals surface area contributed by atoms with E-state index in [2.05, 4.69) is 49.1 Å². The van der Waals surface area contributed by atoms with Gasteiger partial charge in [-0.2, -0.15) is 0 Å². The summed E-state index contributed by atoms with van der Waals surface area (Å²) in [6, 6.07) is 9.42. The molecule has 13 N–H and O–H groups in total. The van der Waals surface area contributed by atoms with E-state index >= 15 is 0 Å². The van der Waals surface area contributed by atoms with E-state index in [4.69, 9.17) is 19.9 Å². The number of ether oxygens (including phenoxy) is 3. The molecular weight excluding hydrogens is 1500 g/mol. The molecule has 31 heteroatoms. The second-order valence-electron chi connectivity index (χ2n) is 29.0. The Kier molecular flexibility index (Phi) is 37.0. The van der Waals surface area contributed by atoms with Crippen molar-refractivity contribution in [2.24, 2.45) is 35.3 Å². The van der Waals surface area contributed by atoms with Crippen molar-refractivity contribution in [1.82, 2.24) is 51.9 Å². The third kappa shape index (κ3) is 26.5. The number of alkyl halides is 1. The van der Waals surface area contributed by atoms with Crippen LogP contribution in [0.15, 0.2) is 78.9 Å². The molecule has 17 atom stereocenters. The SMILES string of the molecule is C=C(C)[C@@H](NC(=O)[C@H]1O[C@@H](CNC(=O)CCCCCN2C(=O)C=CC2=O)C(O)[C@@H](O)C1O)C(=O)NC(CCCNC(N)=O)C(=O)Nc1ccc(CCNC(=O)[C@H](Cc2ccccc2)NC(=O)C(I)C(OC)C2CCCN2C(=O)CC(OC)C(C(C)CC)C(C)C(=O)[C@@H](NC(=O)C(C(C)C)N(C)C)C(C)C)cc1. The molecule has 0 radical (unpaired) electrons. The number of nitrogens with one attached hydrogen (secondary N) is 8.